The smallest absolute Gasteiger partial charge is 0.359 e. The zero-order valence-electron chi connectivity index (χ0n) is 20.8. The van der Waals surface area contributed by atoms with E-state index in [1.807, 2.05) is 36.4 Å². The molecule has 3 aromatic carbocycles. The Morgan fingerprint density at radius 3 is 1.97 bits per heavy atom. The van der Waals surface area contributed by atoms with Gasteiger partial charge in [0.2, 0.25) is 5.91 Å². The van der Waals surface area contributed by atoms with Gasteiger partial charge in [0.15, 0.2) is 17.4 Å². The van der Waals surface area contributed by atoms with E-state index >= 15 is 0 Å². The zero-order valence-corrected chi connectivity index (χ0v) is 23.2. The van der Waals surface area contributed by atoms with Crippen LogP contribution in [0.4, 0.5) is 5.69 Å². The van der Waals surface area contributed by atoms with Crippen LogP contribution in [-0.4, -0.2) is 50.2 Å². The first-order valence-electron chi connectivity index (χ1n) is 11.9. The first-order chi connectivity index (χ1) is 18.9. The first kappa shape index (κ1) is 28.1. The van der Waals surface area contributed by atoms with Crippen LogP contribution in [0.25, 0.3) is 0 Å². The average Bonchev–Trinajstić information content (AvgIpc) is 2.97. The van der Waals surface area contributed by atoms with Gasteiger partial charge < -0.3 is 9.84 Å². The molecule has 1 aliphatic rings. The van der Waals surface area contributed by atoms with Crippen molar-refractivity contribution in [1.82, 2.24) is 4.90 Å². The molecule has 1 aliphatic heterocycles. The third-order valence-electron chi connectivity index (χ3n) is 6.13. The quantitative estimate of drug-likeness (QED) is 0.0862. The van der Waals surface area contributed by atoms with Gasteiger partial charge in [-0.1, -0.05) is 107 Å². The van der Waals surface area contributed by atoms with E-state index in [0.717, 1.165) is 16.7 Å². The average molecular weight is 609 g/mol. The van der Waals surface area contributed by atoms with E-state index in [0.29, 0.717) is 22.4 Å². The summed E-state index contributed by atoms with van der Waals surface area (Å²) < 4.78 is 5.92. The maximum absolute atomic E-state index is 13.7. The Hall–Kier alpha value is -3.89. The number of ether oxygens (including phenoxy) is 1. The number of para-hydroxylation sites is 1. The molecule has 0 radical (unpaired) electrons. The molecule has 1 saturated heterocycles. The predicted octanol–water partition coefficient (Wildman–Crippen LogP) is 5.00. The van der Waals surface area contributed by atoms with Gasteiger partial charge in [-0.3, -0.25) is 24.2 Å². The summed E-state index contributed by atoms with van der Waals surface area (Å²) in [6.07, 6.45) is -0.833. The SMILES string of the molecule is CC(=O)N(c1ccccc1)C1C(=O)N(C(C(=O)OC(c2ccccc2)c2ccccc2)=C(O)CBr)C1SC=O. The monoisotopic (exact) mass is 608 g/mol. The summed E-state index contributed by atoms with van der Waals surface area (Å²) in [6.45, 7) is 1.32. The lowest BCUT2D eigenvalue weighted by Gasteiger charge is -2.49. The second-order valence-corrected chi connectivity index (χ2v) is 10.0. The van der Waals surface area contributed by atoms with Crippen LogP contribution in [0, 0.1) is 0 Å². The molecule has 2 amide bonds. The number of halogens is 1. The van der Waals surface area contributed by atoms with Gasteiger partial charge in [-0.15, -0.1) is 0 Å². The number of rotatable bonds is 10. The predicted molar refractivity (Wildman–Crippen MR) is 153 cm³/mol. The molecule has 0 aromatic heterocycles. The molecule has 8 nitrogen and oxygen atoms in total. The van der Waals surface area contributed by atoms with Crippen LogP contribution in [0.5, 0.6) is 0 Å². The Balaban J connectivity index is 1.71. The molecule has 1 N–H and O–H groups in total. The molecule has 0 aliphatic carbocycles. The van der Waals surface area contributed by atoms with E-state index in [9.17, 15) is 24.3 Å². The summed E-state index contributed by atoms with van der Waals surface area (Å²) in [7, 11) is 0. The number of allylic oxidation sites excluding steroid dienone is 1. The first-order valence-corrected chi connectivity index (χ1v) is 14.0. The molecule has 2 atom stereocenters. The summed E-state index contributed by atoms with van der Waals surface area (Å²) in [5, 5.41) is 9.66. The third-order valence-corrected chi connectivity index (χ3v) is 7.52. The zero-order chi connectivity index (χ0) is 27.9. The molecule has 4 rings (SSSR count). The van der Waals surface area contributed by atoms with E-state index in [4.69, 9.17) is 4.74 Å². The third kappa shape index (κ3) is 5.91. The van der Waals surface area contributed by atoms with Crippen LogP contribution in [-0.2, 0) is 23.9 Å². The molecule has 0 saturated carbocycles. The van der Waals surface area contributed by atoms with Gasteiger partial charge in [0.05, 0.1) is 5.33 Å². The van der Waals surface area contributed by atoms with Crippen LogP contribution in [0.1, 0.15) is 24.2 Å². The van der Waals surface area contributed by atoms with Crippen molar-refractivity contribution in [3.05, 3.63) is 114 Å². The second-order valence-electron chi connectivity index (χ2n) is 8.54. The molecular weight excluding hydrogens is 584 g/mol. The fraction of sp³-hybridized carbons (Fsp3) is 0.172. The van der Waals surface area contributed by atoms with Gasteiger partial charge >= 0.3 is 5.97 Å². The number of alkyl halides is 1. The van der Waals surface area contributed by atoms with E-state index in [1.165, 1.54) is 11.8 Å². The van der Waals surface area contributed by atoms with E-state index in [-0.39, 0.29) is 5.33 Å². The Kier molecular flexibility index (Phi) is 9.21. The van der Waals surface area contributed by atoms with E-state index < -0.39 is 46.8 Å². The molecule has 10 heteroatoms. The van der Waals surface area contributed by atoms with Crippen molar-refractivity contribution in [2.45, 2.75) is 24.4 Å². The Bertz CT molecular complexity index is 1330. The summed E-state index contributed by atoms with van der Waals surface area (Å²) >= 11 is 3.88. The van der Waals surface area contributed by atoms with Crippen molar-refractivity contribution in [2.75, 3.05) is 10.2 Å². The Morgan fingerprint density at radius 1 is 1.00 bits per heavy atom. The van der Waals surface area contributed by atoms with Gasteiger partial charge in [0.1, 0.15) is 17.2 Å². The molecule has 200 valence electrons. The van der Waals surface area contributed by atoms with Crippen LogP contribution < -0.4 is 4.90 Å². The van der Waals surface area contributed by atoms with Gasteiger partial charge in [-0.2, -0.15) is 0 Å². The highest BCUT2D eigenvalue weighted by Gasteiger charge is 2.56. The number of nitrogens with zero attached hydrogens (tertiary/aromatic N) is 2. The van der Waals surface area contributed by atoms with Gasteiger partial charge in [-0.25, -0.2) is 4.79 Å². The minimum absolute atomic E-state index is 0.152. The lowest BCUT2D eigenvalue weighted by atomic mass is 10.0. The fourth-order valence-electron chi connectivity index (χ4n) is 4.41. The number of benzene rings is 3. The number of hydrogen-bond donors (Lipinski definition) is 1. The number of anilines is 1. The standard InChI is InChI=1S/C29H25BrN2O6S/c1-19(34)31(22-15-9-4-10-16-22)25-27(36)32(28(25)39-18-33)24(23(35)17-30)29(37)38-26(20-11-5-2-6-12-20)21-13-7-3-8-14-21/h2-16,18,25-26,28,35H,17H2,1H3. The highest BCUT2D eigenvalue weighted by Crippen LogP contribution is 2.40. The topological polar surface area (TPSA) is 104 Å². The van der Waals surface area contributed by atoms with Crippen LogP contribution in [0.2, 0.25) is 0 Å². The number of aliphatic hydroxyl groups excluding tert-OH is 1. The molecule has 1 heterocycles. The van der Waals surface area contributed by atoms with Crippen molar-refractivity contribution < 1.29 is 29.0 Å². The molecule has 1 fully saturated rings. The normalized spacial score (nSPS) is 17.2. The van der Waals surface area contributed by atoms with E-state index in [2.05, 4.69) is 15.9 Å². The van der Waals surface area contributed by atoms with Gasteiger partial charge in [0, 0.05) is 12.6 Å². The van der Waals surface area contributed by atoms with Crippen molar-refractivity contribution in [1.29, 1.82) is 0 Å². The number of likely N-dealkylation sites (tertiary alicyclic amines) is 1. The van der Waals surface area contributed by atoms with Crippen LogP contribution in [0.15, 0.2) is 102 Å². The number of amides is 2. The maximum Gasteiger partial charge on any atom is 0.359 e. The van der Waals surface area contributed by atoms with Crippen molar-refractivity contribution in [3.8, 4) is 0 Å². The fourth-order valence-corrected chi connectivity index (χ4v) is 5.51. The number of aliphatic hydroxyl groups is 1. The van der Waals surface area contributed by atoms with Crippen molar-refractivity contribution in [2.24, 2.45) is 0 Å². The number of carbonyl (C=O) groups excluding carboxylic acids is 4. The number of thioether (sulfide) groups is 1. The second kappa shape index (κ2) is 12.8. The largest absolute Gasteiger partial charge is 0.509 e. The number of esters is 1. The Morgan fingerprint density at radius 2 is 1.51 bits per heavy atom. The molecule has 2 unspecified atom stereocenters. The summed E-state index contributed by atoms with van der Waals surface area (Å²) in [5.74, 6) is -2.45. The van der Waals surface area contributed by atoms with Crippen molar-refractivity contribution >= 4 is 56.8 Å². The van der Waals surface area contributed by atoms with Gasteiger partial charge in [0.25, 0.3) is 5.91 Å². The minimum Gasteiger partial charge on any atom is -0.509 e. The molecule has 0 spiro atoms. The highest BCUT2D eigenvalue weighted by molar-refractivity contribution is 9.09. The molecule has 0 bridgehead atoms. The summed E-state index contributed by atoms with van der Waals surface area (Å²) in [5.41, 5.74) is 1.97. The molecular formula is C29H25BrN2O6S. The van der Waals surface area contributed by atoms with Crippen molar-refractivity contribution in [3.63, 3.8) is 0 Å². The highest BCUT2D eigenvalue weighted by atomic mass is 79.9. The summed E-state index contributed by atoms with van der Waals surface area (Å²) in [6, 6.07) is 25.6. The number of carbonyl (C=O) groups is 4. The van der Waals surface area contributed by atoms with Gasteiger partial charge in [-0.05, 0) is 23.3 Å². The maximum atomic E-state index is 13.7. The number of hydrogen-bond acceptors (Lipinski definition) is 7. The summed E-state index contributed by atoms with van der Waals surface area (Å²) in [4.78, 5) is 53.8. The lowest BCUT2D eigenvalue weighted by Crippen LogP contribution is -2.70. The Labute approximate surface area is 238 Å². The van der Waals surface area contributed by atoms with Crippen LogP contribution in [0.3, 0.4) is 0 Å². The van der Waals surface area contributed by atoms with Crippen LogP contribution >= 0.6 is 27.7 Å². The molecule has 39 heavy (non-hydrogen) atoms. The molecule has 3 aromatic rings. The minimum atomic E-state index is -1.08. The number of β-lactam (4-membered cyclic amide) rings is 1. The lowest BCUT2D eigenvalue weighted by molar-refractivity contribution is -0.153. The van der Waals surface area contributed by atoms with E-state index in [1.54, 1.807) is 54.6 Å².